The minimum Gasteiger partial charge on any atom is -0.497 e. The lowest BCUT2D eigenvalue weighted by atomic mass is 9.75. The fraction of sp³-hybridized carbons (Fsp3) is 0.525. The van der Waals surface area contributed by atoms with Crippen LogP contribution in [0.15, 0.2) is 76.5 Å². The summed E-state index contributed by atoms with van der Waals surface area (Å²) in [5.74, 6) is 4.25. The van der Waals surface area contributed by atoms with E-state index in [0.29, 0.717) is 17.9 Å². The Hall–Kier alpha value is -3.33. The molecule has 3 fully saturated rings. The third-order valence-corrected chi connectivity index (χ3v) is 12.0. The number of benzene rings is 2. The van der Waals surface area contributed by atoms with Crippen LogP contribution in [0.5, 0.6) is 5.75 Å². The Kier molecular flexibility index (Phi) is 10.7. The minimum absolute atomic E-state index is 0.192. The third kappa shape index (κ3) is 7.61. The van der Waals surface area contributed by atoms with E-state index in [-0.39, 0.29) is 6.04 Å². The van der Waals surface area contributed by atoms with E-state index in [0.717, 1.165) is 75.3 Å². The average molecular weight is 668 g/mol. The van der Waals surface area contributed by atoms with E-state index < -0.39 is 0 Å². The number of oxazole rings is 1. The zero-order valence-corrected chi connectivity index (χ0v) is 29.9. The van der Waals surface area contributed by atoms with Crippen LogP contribution in [-0.4, -0.2) is 75.3 Å². The normalized spacial score (nSPS) is 21.9. The van der Waals surface area contributed by atoms with E-state index in [1.165, 1.54) is 54.7 Å². The number of piperazine rings is 1. The number of nitrogens with zero attached hydrogens (tertiary/aromatic N) is 5. The number of rotatable bonds is 12. The van der Waals surface area contributed by atoms with Crippen molar-refractivity contribution in [3.8, 4) is 5.75 Å². The highest BCUT2D eigenvalue weighted by Crippen LogP contribution is 2.44. The summed E-state index contributed by atoms with van der Waals surface area (Å²) < 4.78 is 12.4. The van der Waals surface area contributed by atoms with Crippen LogP contribution in [-0.2, 0) is 6.42 Å². The van der Waals surface area contributed by atoms with Crippen molar-refractivity contribution in [1.82, 2.24) is 14.8 Å². The van der Waals surface area contributed by atoms with Gasteiger partial charge in [-0.25, -0.2) is 4.98 Å². The molecule has 1 saturated carbocycles. The highest BCUT2D eigenvalue weighted by atomic mass is 32.1. The van der Waals surface area contributed by atoms with Gasteiger partial charge in [-0.3, -0.25) is 4.90 Å². The summed E-state index contributed by atoms with van der Waals surface area (Å²) in [6.07, 6.45) is 9.50. The zero-order valence-electron chi connectivity index (χ0n) is 29.1. The van der Waals surface area contributed by atoms with Gasteiger partial charge < -0.3 is 23.9 Å². The summed E-state index contributed by atoms with van der Waals surface area (Å²) in [7, 11) is 6.24. The van der Waals surface area contributed by atoms with Crippen LogP contribution in [0.25, 0.3) is 0 Å². The summed E-state index contributed by atoms with van der Waals surface area (Å²) >= 11 is 1.91. The molecule has 2 aromatic carbocycles. The van der Waals surface area contributed by atoms with Gasteiger partial charge in [-0.1, -0.05) is 49.2 Å². The van der Waals surface area contributed by atoms with Gasteiger partial charge in [-0.15, -0.1) is 11.3 Å². The van der Waals surface area contributed by atoms with Gasteiger partial charge >= 0.3 is 0 Å². The predicted octanol–water partition coefficient (Wildman–Crippen LogP) is 8.30. The number of methoxy groups -OCH3 is 1. The van der Waals surface area contributed by atoms with Crippen molar-refractivity contribution >= 4 is 22.9 Å². The second kappa shape index (κ2) is 15.5. The maximum atomic E-state index is 6.94. The average Bonchev–Trinajstić information content (AvgIpc) is 3.92. The largest absolute Gasteiger partial charge is 0.497 e. The SMILES string of the molecule is COc1ccc(N2CCN(C(CC3CCC(C(c4cccs4)N(C)C)CC3)c3nc(Cc4ccccc4)c(N4CCCC4)o3)CC2)cc1. The number of hydrogen-bond acceptors (Lipinski definition) is 8. The van der Waals surface area contributed by atoms with Crippen LogP contribution < -0.4 is 14.5 Å². The Labute approximate surface area is 291 Å². The fourth-order valence-electron chi connectivity index (χ4n) is 8.49. The van der Waals surface area contributed by atoms with E-state index in [4.69, 9.17) is 14.1 Å². The summed E-state index contributed by atoms with van der Waals surface area (Å²) in [5.41, 5.74) is 3.67. The summed E-state index contributed by atoms with van der Waals surface area (Å²) in [4.78, 5) is 17.0. The van der Waals surface area contributed by atoms with Gasteiger partial charge in [0.1, 0.15) is 11.4 Å². The van der Waals surface area contributed by atoms with E-state index in [9.17, 15) is 0 Å². The zero-order chi connectivity index (χ0) is 32.9. The molecule has 1 aliphatic carbocycles. The van der Waals surface area contributed by atoms with E-state index in [1.54, 1.807) is 7.11 Å². The van der Waals surface area contributed by atoms with Crippen molar-refractivity contribution in [3.05, 3.63) is 94.1 Å². The lowest BCUT2D eigenvalue weighted by Gasteiger charge is -2.41. The number of aromatic nitrogens is 1. The first kappa shape index (κ1) is 33.2. The first-order chi connectivity index (χ1) is 23.6. The third-order valence-electron chi connectivity index (χ3n) is 11.1. The summed E-state index contributed by atoms with van der Waals surface area (Å²) in [5, 5.41) is 2.23. The van der Waals surface area contributed by atoms with Gasteiger partial charge in [0, 0.05) is 62.3 Å². The van der Waals surface area contributed by atoms with Crippen molar-refractivity contribution < 1.29 is 9.15 Å². The number of ether oxygens (including phenoxy) is 1. The molecule has 0 radical (unpaired) electrons. The van der Waals surface area contributed by atoms with Crippen LogP contribution in [0.4, 0.5) is 11.6 Å². The molecule has 0 amide bonds. The summed E-state index contributed by atoms with van der Waals surface area (Å²) in [6, 6.07) is 24.6. The molecule has 2 saturated heterocycles. The van der Waals surface area contributed by atoms with Crippen LogP contribution in [0.1, 0.15) is 79.1 Å². The van der Waals surface area contributed by atoms with Gasteiger partial charge in [0.25, 0.3) is 0 Å². The first-order valence-corrected chi connectivity index (χ1v) is 19.0. The maximum Gasteiger partial charge on any atom is 0.219 e. The molecule has 4 heterocycles. The van der Waals surface area contributed by atoms with Crippen molar-refractivity contribution in [1.29, 1.82) is 0 Å². The van der Waals surface area contributed by atoms with Gasteiger partial charge in [0.2, 0.25) is 11.8 Å². The molecule has 256 valence electrons. The first-order valence-electron chi connectivity index (χ1n) is 18.2. The van der Waals surface area contributed by atoms with E-state index >= 15 is 0 Å². The van der Waals surface area contributed by atoms with Crippen molar-refractivity contribution in [2.24, 2.45) is 11.8 Å². The molecule has 7 rings (SSSR count). The molecule has 4 aromatic rings. The molecule has 2 aliphatic heterocycles. The van der Waals surface area contributed by atoms with Gasteiger partial charge in [0.15, 0.2) is 0 Å². The van der Waals surface area contributed by atoms with Crippen molar-refractivity contribution in [3.63, 3.8) is 0 Å². The monoisotopic (exact) mass is 667 g/mol. The second-order valence-electron chi connectivity index (χ2n) is 14.3. The lowest BCUT2D eigenvalue weighted by molar-refractivity contribution is 0.104. The van der Waals surface area contributed by atoms with Crippen LogP contribution >= 0.6 is 11.3 Å². The Morgan fingerprint density at radius 2 is 1.58 bits per heavy atom. The van der Waals surface area contributed by atoms with Crippen molar-refractivity contribution in [2.75, 3.05) is 70.3 Å². The van der Waals surface area contributed by atoms with E-state index in [2.05, 4.69) is 106 Å². The molecule has 2 unspecified atom stereocenters. The Balaban J connectivity index is 1.11. The maximum absolute atomic E-state index is 6.94. The smallest absolute Gasteiger partial charge is 0.219 e. The molecule has 48 heavy (non-hydrogen) atoms. The fourth-order valence-corrected chi connectivity index (χ4v) is 9.50. The standard InChI is InChI=1S/C40H53N5O2S/c1-42(2)38(37-12-9-27-48-37)32-15-13-31(14-16-32)29-36(44-25-23-43(24-26-44)33-17-19-34(46-3)20-18-33)39-41-35(28-30-10-5-4-6-11-30)40(47-39)45-21-7-8-22-45/h4-6,9-12,17-20,27,31-32,36,38H,7-8,13-16,21-26,28-29H2,1-3H3. The second-order valence-corrected chi connectivity index (χ2v) is 15.3. The molecule has 0 spiro atoms. The molecule has 3 aliphatic rings. The van der Waals surface area contributed by atoms with Crippen LogP contribution in [0.2, 0.25) is 0 Å². The van der Waals surface area contributed by atoms with Gasteiger partial charge in [0.05, 0.1) is 13.2 Å². The number of thiophene rings is 1. The molecule has 8 heteroatoms. The number of anilines is 2. The topological polar surface area (TPSA) is 48.2 Å². The van der Waals surface area contributed by atoms with Crippen LogP contribution in [0, 0.1) is 11.8 Å². The summed E-state index contributed by atoms with van der Waals surface area (Å²) in [6.45, 7) is 6.12. The predicted molar refractivity (Wildman–Crippen MR) is 198 cm³/mol. The molecule has 2 aromatic heterocycles. The molecule has 7 nitrogen and oxygen atoms in total. The molecular formula is C40H53N5O2S. The quantitative estimate of drug-likeness (QED) is 0.151. The molecule has 0 N–H and O–H groups in total. The highest BCUT2D eigenvalue weighted by molar-refractivity contribution is 7.10. The Morgan fingerprint density at radius 3 is 2.23 bits per heavy atom. The van der Waals surface area contributed by atoms with Gasteiger partial charge in [-0.2, -0.15) is 0 Å². The minimum atomic E-state index is 0.192. The Bertz CT molecular complexity index is 1530. The van der Waals surface area contributed by atoms with E-state index in [1.807, 2.05) is 11.3 Å². The highest BCUT2D eigenvalue weighted by Gasteiger charge is 2.36. The van der Waals surface area contributed by atoms with Gasteiger partial charge in [-0.05, 0) is 99.3 Å². The molecule has 0 bridgehead atoms. The Morgan fingerprint density at radius 1 is 0.854 bits per heavy atom. The lowest BCUT2D eigenvalue weighted by Crippen LogP contribution is -2.48. The molecular weight excluding hydrogens is 615 g/mol. The number of hydrogen-bond donors (Lipinski definition) is 0. The molecule has 2 atom stereocenters. The van der Waals surface area contributed by atoms with Crippen LogP contribution in [0.3, 0.4) is 0 Å². The van der Waals surface area contributed by atoms with Crippen molar-refractivity contribution in [2.45, 2.75) is 63.5 Å².